The predicted molar refractivity (Wildman–Crippen MR) is 125 cm³/mol. The fourth-order valence-corrected chi connectivity index (χ4v) is 3.57. The van der Waals surface area contributed by atoms with Gasteiger partial charge in [0.25, 0.3) is 5.91 Å². The molecule has 2 aromatic carbocycles. The van der Waals surface area contributed by atoms with Gasteiger partial charge in [0.15, 0.2) is 0 Å². The lowest BCUT2D eigenvalue weighted by molar-refractivity contribution is -0.112. The molecule has 7 heteroatoms. The van der Waals surface area contributed by atoms with Crippen molar-refractivity contribution in [1.29, 1.82) is 5.26 Å². The number of rotatable bonds is 5. The zero-order valence-electron chi connectivity index (χ0n) is 18.2. The molecule has 0 fully saturated rings. The van der Waals surface area contributed by atoms with Crippen molar-refractivity contribution in [2.75, 3.05) is 12.4 Å². The molecular weight excluding hydrogens is 426 g/mol. The number of hydrogen-bond acceptors (Lipinski definition) is 4. The Hall–Kier alpha value is -3.82. The van der Waals surface area contributed by atoms with Gasteiger partial charge in [-0.1, -0.05) is 29.3 Å². The Morgan fingerprint density at radius 2 is 1.78 bits per heavy atom. The van der Waals surface area contributed by atoms with Gasteiger partial charge in [0, 0.05) is 17.1 Å². The van der Waals surface area contributed by atoms with Crippen LogP contribution < -0.4 is 5.32 Å². The van der Waals surface area contributed by atoms with Gasteiger partial charge >= 0.3 is 5.97 Å². The molecule has 162 valence electrons. The monoisotopic (exact) mass is 447 g/mol. The van der Waals surface area contributed by atoms with E-state index in [0.29, 0.717) is 27.5 Å². The summed E-state index contributed by atoms with van der Waals surface area (Å²) in [5, 5.41) is 12.8. The lowest BCUT2D eigenvalue weighted by Crippen LogP contribution is -2.13. The number of ether oxygens (including phenoxy) is 1. The van der Waals surface area contributed by atoms with E-state index in [4.69, 9.17) is 16.3 Å². The van der Waals surface area contributed by atoms with Crippen molar-refractivity contribution in [3.8, 4) is 11.8 Å². The number of amides is 1. The molecule has 0 saturated heterocycles. The molecule has 0 aliphatic carbocycles. The van der Waals surface area contributed by atoms with E-state index in [-0.39, 0.29) is 5.57 Å². The van der Waals surface area contributed by atoms with Crippen LogP contribution in [0.2, 0.25) is 5.02 Å². The normalized spacial score (nSPS) is 11.1. The summed E-state index contributed by atoms with van der Waals surface area (Å²) < 4.78 is 6.67. The standard InChI is InChI=1S/C25H22ClN3O3/c1-15-5-8-21(9-6-15)28-24(30)20(14-27)12-19-11-16(2)29(17(19)3)23-13-18(25(31)32-4)7-10-22(23)26/h5-13H,1-4H3,(H,28,30)/b20-12-. The van der Waals surface area contributed by atoms with Crippen LogP contribution in [0, 0.1) is 32.1 Å². The number of nitrogens with zero attached hydrogens (tertiary/aromatic N) is 2. The highest BCUT2D eigenvalue weighted by atomic mass is 35.5. The summed E-state index contributed by atoms with van der Waals surface area (Å²) in [4.78, 5) is 24.6. The van der Waals surface area contributed by atoms with Crippen LogP contribution >= 0.6 is 11.6 Å². The maximum absolute atomic E-state index is 12.6. The van der Waals surface area contributed by atoms with Crippen molar-refractivity contribution in [2.45, 2.75) is 20.8 Å². The molecule has 0 bridgehead atoms. The molecule has 32 heavy (non-hydrogen) atoms. The number of carbonyl (C=O) groups is 2. The summed E-state index contributed by atoms with van der Waals surface area (Å²) >= 11 is 6.41. The van der Waals surface area contributed by atoms with Gasteiger partial charge in [-0.3, -0.25) is 4.79 Å². The molecule has 0 aliphatic heterocycles. The smallest absolute Gasteiger partial charge is 0.337 e. The van der Waals surface area contributed by atoms with Crippen LogP contribution in [0.15, 0.2) is 54.1 Å². The molecule has 6 nitrogen and oxygen atoms in total. The van der Waals surface area contributed by atoms with Crippen molar-refractivity contribution in [3.05, 3.63) is 87.2 Å². The van der Waals surface area contributed by atoms with E-state index < -0.39 is 11.9 Å². The third-order valence-corrected chi connectivity index (χ3v) is 5.37. The SMILES string of the molecule is COC(=O)c1ccc(Cl)c(-n2c(C)cc(/C=C(/C#N)C(=O)Nc3ccc(C)cc3)c2C)c1. The number of nitriles is 1. The second kappa shape index (κ2) is 9.54. The number of aryl methyl sites for hydroxylation is 2. The van der Waals surface area contributed by atoms with Crippen LogP contribution in [-0.2, 0) is 9.53 Å². The van der Waals surface area contributed by atoms with Gasteiger partial charge in [-0.25, -0.2) is 4.79 Å². The topological polar surface area (TPSA) is 84.1 Å². The number of benzene rings is 2. The molecule has 1 N–H and O–H groups in total. The van der Waals surface area contributed by atoms with Crippen LogP contribution in [0.25, 0.3) is 11.8 Å². The van der Waals surface area contributed by atoms with Gasteiger partial charge in [-0.05, 0) is 68.8 Å². The Labute approximate surface area is 191 Å². The number of halogens is 1. The summed E-state index contributed by atoms with van der Waals surface area (Å²) in [6.07, 6.45) is 1.54. The van der Waals surface area contributed by atoms with Gasteiger partial charge in [0.05, 0.1) is 23.4 Å². The van der Waals surface area contributed by atoms with Crippen molar-refractivity contribution < 1.29 is 14.3 Å². The zero-order valence-corrected chi connectivity index (χ0v) is 18.9. The molecule has 0 unspecified atom stereocenters. The predicted octanol–water partition coefficient (Wildman–Crippen LogP) is 5.39. The number of esters is 1. The van der Waals surface area contributed by atoms with E-state index in [9.17, 15) is 14.9 Å². The van der Waals surface area contributed by atoms with Crippen LogP contribution in [0.3, 0.4) is 0 Å². The van der Waals surface area contributed by atoms with E-state index in [1.807, 2.05) is 49.6 Å². The molecule has 1 aromatic heterocycles. The van der Waals surface area contributed by atoms with E-state index in [2.05, 4.69) is 5.32 Å². The fraction of sp³-hybridized carbons (Fsp3) is 0.160. The first kappa shape index (κ1) is 22.9. The van der Waals surface area contributed by atoms with Crippen LogP contribution in [-0.4, -0.2) is 23.6 Å². The highest BCUT2D eigenvalue weighted by Gasteiger charge is 2.17. The number of nitrogens with one attached hydrogen (secondary N) is 1. The minimum atomic E-state index is -0.494. The Bertz CT molecular complexity index is 1260. The first-order valence-corrected chi connectivity index (χ1v) is 10.2. The molecule has 3 aromatic rings. The average molecular weight is 448 g/mol. The number of carbonyl (C=O) groups excluding carboxylic acids is 2. The van der Waals surface area contributed by atoms with E-state index in [0.717, 1.165) is 17.0 Å². The lowest BCUT2D eigenvalue weighted by Gasteiger charge is -2.13. The molecule has 0 saturated carbocycles. The summed E-state index contributed by atoms with van der Waals surface area (Å²) in [7, 11) is 1.32. The Morgan fingerprint density at radius 1 is 1.09 bits per heavy atom. The third kappa shape index (κ3) is 4.74. The summed E-state index contributed by atoms with van der Waals surface area (Å²) in [6, 6.07) is 16.0. The Morgan fingerprint density at radius 3 is 2.41 bits per heavy atom. The number of hydrogen-bond donors (Lipinski definition) is 1. The zero-order chi connectivity index (χ0) is 23.4. The average Bonchev–Trinajstić information content (AvgIpc) is 3.06. The first-order valence-electron chi connectivity index (χ1n) is 9.82. The molecular formula is C25H22ClN3O3. The van der Waals surface area contributed by atoms with Gasteiger partial charge in [-0.2, -0.15) is 5.26 Å². The molecule has 0 spiro atoms. The second-order valence-corrected chi connectivity index (χ2v) is 7.72. The minimum Gasteiger partial charge on any atom is -0.465 e. The van der Waals surface area contributed by atoms with Crippen LogP contribution in [0.1, 0.15) is 32.9 Å². The summed E-state index contributed by atoms with van der Waals surface area (Å²) in [6.45, 7) is 5.69. The third-order valence-electron chi connectivity index (χ3n) is 5.05. The number of methoxy groups -OCH3 is 1. The van der Waals surface area contributed by atoms with Gasteiger partial charge < -0.3 is 14.6 Å². The molecule has 1 heterocycles. The molecule has 3 rings (SSSR count). The lowest BCUT2D eigenvalue weighted by atomic mass is 10.1. The number of anilines is 1. The maximum atomic E-state index is 12.6. The second-order valence-electron chi connectivity index (χ2n) is 7.31. The number of aromatic nitrogens is 1. The Kier molecular flexibility index (Phi) is 6.82. The first-order chi connectivity index (χ1) is 15.2. The quantitative estimate of drug-likeness (QED) is 0.323. The highest BCUT2D eigenvalue weighted by molar-refractivity contribution is 6.32. The summed E-state index contributed by atoms with van der Waals surface area (Å²) in [5.41, 5.74) is 4.91. The molecule has 0 aliphatic rings. The van der Waals surface area contributed by atoms with Crippen molar-refractivity contribution in [3.63, 3.8) is 0 Å². The van der Waals surface area contributed by atoms with Crippen molar-refractivity contribution in [2.24, 2.45) is 0 Å². The summed E-state index contributed by atoms with van der Waals surface area (Å²) in [5.74, 6) is -0.961. The minimum absolute atomic E-state index is 0.0276. The fourth-order valence-electron chi connectivity index (χ4n) is 3.37. The van der Waals surface area contributed by atoms with Gasteiger partial charge in [-0.15, -0.1) is 0 Å². The maximum Gasteiger partial charge on any atom is 0.337 e. The largest absolute Gasteiger partial charge is 0.465 e. The molecule has 0 atom stereocenters. The van der Waals surface area contributed by atoms with Crippen LogP contribution in [0.4, 0.5) is 5.69 Å². The van der Waals surface area contributed by atoms with E-state index in [1.165, 1.54) is 7.11 Å². The van der Waals surface area contributed by atoms with E-state index >= 15 is 0 Å². The van der Waals surface area contributed by atoms with Crippen molar-refractivity contribution in [1.82, 2.24) is 4.57 Å². The molecule has 1 amide bonds. The van der Waals surface area contributed by atoms with Crippen LogP contribution in [0.5, 0.6) is 0 Å². The van der Waals surface area contributed by atoms with Gasteiger partial charge in [0.2, 0.25) is 0 Å². The Balaban J connectivity index is 1.98. The van der Waals surface area contributed by atoms with E-state index in [1.54, 1.807) is 36.4 Å². The van der Waals surface area contributed by atoms with Crippen molar-refractivity contribution >= 4 is 35.2 Å². The van der Waals surface area contributed by atoms with Gasteiger partial charge in [0.1, 0.15) is 11.6 Å². The molecule has 0 radical (unpaired) electrons. The highest BCUT2D eigenvalue weighted by Crippen LogP contribution is 2.29.